The molecule has 0 aromatic carbocycles. The average Bonchev–Trinajstić information content (AvgIpc) is 2.91. The summed E-state index contributed by atoms with van der Waals surface area (Å²) in [6, 6.07) is 0.555. The molecule has 0 spiro atoms. The van der Waals surface area contributed by atoms with Gasteiger partial charge in [-0.05, 0) is 49.4 Å². The van der Waals surface area contributed by atoms with Crippen molar-refractivity contribution in [2.45, 2.75) is 64.8 Å². The molecule has 94 valence electrons. The smallest absolute Gasteiger partial charge is 0.0241 e. The maximum absolute atomic E-state index is 5.75. The molecule has 2 aliphatic rings. The molecule has 2 heteroatoms. The van der Waals surface area contributed by atoms with Crippen molar-refractivity contribution < 1.29 is 0 Å². The van der Waals surface area contributed by atoms with Crippen LogP contribution in [0.15, 0.2) is 0 Å². The second kappa shape index (κ2) is 5.50. The van der Waals surface area contributed by atoms with E-state index in [2.05, 4.69) is 19.3 Å². The number of nitrogens with two attached hydrogens (primary N) is 1. The summed E-state index contributed by atoms with van der Waals surface area (Å²) in [5, 5.41) is 0. The maximum atomic E-state index is 5.75. The van der Waals surface area contributed by atoms with Crippen LogP contribution in [-0.2, 0) is 0 Å². The largest absolute Gasteiger partial charge is 0.271 e. The zero-order valence-corrected chi connectivity index (χ0v) is 10.9. The van der Waals surface area contributed by atoms with Gasteiger partial charge in [0.2, 0.25) is 0 Å². The molecule has 4 atom stereocenters. The topological polar surface area (TPSA) is 38.0 Å². The van der Waals surface area contributed by atoms with Crippen LogP contribution < -0.4 is 11.3 Å². The molecule has 0 aromatic rings. The van der Waals surface area contributed by atoms with Crippen LogP contribution in [-0.4, -0.2) is 6.04 Å². The zero-order valence-electron chi connectivity index (χ0n) is 10.9. The standard InChI is InChI=1S/C14H28N2/c1-3-11(4-2)14(16-15)9-13-8-10-5-6-12(13)7-10/h10-14,16H,3-9,15H2,1-2H3. The first-order chi connectivity index (χ1) is 7.78. The lowest BCUT2D eigenvalue weighted by Gasteiger charge is -2.30. The highest BCUT2D eigenvalue weighted by molar-refractivity contribution is 4.92. The molecule has 2 saturated carbocycles. The van der Waals surface area contributed by atoms with E-state index in [1.54, 1.807) is 0 Å². The maximum Gasteiger partial charge on any atom is 0.0241 e. The first-order valence-electron chi connectivity index (χ1n) is 7.24. The van der Waals surface area contributed by atoms with Crippen LogP contribution >= 0.6 is 0 Å². The first kappa shape index (κ1) is 12.4. The third kappa shape index (κ3) is 2.43. The van der Waals surface area contributed by atoms with Gasteiger partial charge in [0.25, 0.3) is 0 Å². The fraction of sp³-hybridized carbons (Fsp3) is 1.00. The van der Waals surface area contributed by atoms with E-state index in [4.69, 9.17) is 5.84 Å². The summed E-state index contributed by atoms with van der Waals surface area (Å²) in [6.07, 6.45) is 9.85. The van der Waals surface area contributed by atoms with Gasteiger partial charge < -0.3 is 0 Å². The molecular formula is C14H28N2. The van der Waals surface area contributed by atoms with Crippen LogP contribution in [0, 0.1) is 23.7 Å². The number of fused-ring (bicyclic) bond motifs is 2. The lowest BCUT2D eigenvalue weighted by atomic mass is 9.80. The number of rotatable bonds is 6. The number of hydrazine groups is 1. The van der Waals surface area contributed by atoms with Crippen LogP contribution in [0.4, 0.5) is 0 Å². The van der Waals surface area contributed by atoms with Crippen LogP contribution in [0.3, 0.4) is 0 Å². The molecule has 2 fully saturated rings. The molecule has 0 saturated heterocycles. The fourth-order valence-electron chi connectivity index (χ4n) is 4.25. The Labute approximate surface area is 100 Å². The summed E-state index contributed by atoms with van der Waals surface area (Å²) >= 11 is 0. The molecule has 0 aliphatic heterocycles. The Bertz CT molecular complexity index is 213. The van der Waals surface area contributed by atoms with Crippen molar-refractivity contribution in [1.82, 2.24) is 5.43 Å². The molecule has 0 amide bonds. The fourth-order valence-corrected chi connectivity index (χ4v) is 4.25. The molecular weight excluding hydrogens is 196 g/mol. The minimum atomic E-state index is 0.555. The van der Waals surface area contributed by atoms with E-state index in [0.717, 1.165) is 23.7 Å². The van der Waals surface area contributed by atoms with E-state index in [9.17, 15) is 0 Å². The lowest BCUT2D eigenvalue weighted by molar-refractivity contribution is 0.230. The Morgan fingerprint density at radius 2 is 1.94 bits per heavy atom. The van der Waals surface area contributed by atoms with Gasteiger partial charge in [0, 0.05) is 6.04 Å². The van der Waals surface area contributed by atoms with Gasteiger partial charge in [-0.1, -0.05) is 33.1 Å². The molecule has 2 nitrogen and oxygen atoms in total. The van der Waals surface area contributed by atoms with Crippen LogP contribution in [0.1, 0.15) is 58.8 Å². The number of nitrogens with one attached hydrogen (secondary N) is 1. The Morgan fingerprint density at radius 3 is 2.38 bits per heavy atom. The highest BCUT2D eigenvalue weighted by atomic mass is 15.2. The first-order valence-corrected chi connectivity index (χ1v) is 7.24. The molecule has 3 N–H and O–H groups in total. The quantitative estimate of drug-likeness (QED) is 0.537. The van der Waals surface area contributed by atoms with E-state index in [-0.39, 0.29) is 0 Å². The van der Waals surface area contributed by atoms with Gasteiger partial charge in [0.1, 0.15) is 0 Å². The van der Waals surface area contributed by atoms with Gasteiger partial charge in [0.15, 0.2) is 0 Å². The van der Waals surface area contributed by atoms with Gasteiger partial charge in [-0.15, -0.1) is 0 Å². The molecule has 4 unspecified atom stereocenters. The lowest BCUT2D eigenvalue weighted by Crippen LogP contribution is -2.42. The van der Waals surface area contributed by atoms with Crippen molar-refractivity contribution in [2.24, 2.45) is 29.5 Å². The Morgan fingerprint density at radius 1 is 1.19 bits per heavy atom. The van der Waals surface area contributed by atoms with Crippen molar-refractivity contribution in [3.05, 3.63) is 0 Å². The SMILES string of the molecule is CCC(CC)C(CC1CC2CCC1C2)NN. The minimum absolute atomic E-state index is 0.555. The van der Waals surface area contributed by atoms with Gasteiger partial charge in [-0.2, -0.15) is 0 Å². The van der Waals surface area contributed by atoms with Gasteiger partial charge in [-0.3, -0.25) is 11.3 Å². The van der Waals surface area contributed by atoms with Crippen LogP contribution in [0.25, 0.3) is 0 Å². The number of hydrogen-bond donors (Lipinski definition) is 2. The van der Waals surface area contributed by atoms with Gasteiger partial charge in [-0.25, -0.2) is 0 Å². The van der Waals surface area contributed by atoms with Crippen LogP contribution in [0.2, 0.25) is 0 Å². The van der Waals surface area contributed by atoms with E-state index < -0.39 is 0 Å². The normalized spacial score (nSPS) is 34.9. The monoisotopic (exact) mass is 224 g/mol. The summed E-state index contributed by atoms with van der Waals surface area (Å²) in [7, 11) is 0. The molecule has 16 heavy (non-hydrogen) atoms. The summed E-state index contributed by atoms with van der Waals surface area (Å²) in [4.78, 5) is 0. The predicted octanol–water partition coefficient (Wildman–Crippen LogP) is 3.08. The third-order valence-corrected chi connectivity index (χ3v) is 5.27. The summed E-state index contributed by atoms with van der Waals surface area (Å²) < 4.78 is 0. The molecule has 2 aliphatic carbocycles. The highest BCUT2D eigenvalue weighted by Crippen LogP contribution is 2.50. The zero-order chi connectivity index (χ0) is 11.5. The van der Waals surface area contributed by atoms with E-state index in [1.165, 1.54) is 44.9 Å². The minimum Gasteiger partial charge on any atom is -0.271 e. The molecule has 0 heterocycles. The third-order valence-electron chi connectivity index (χ3n) is 5.27. The second-order valence-electron chi connectivity index (χ2n) is 6.02. The summed E-state index contributed by atoms with van der Waals surface area (Å²) in [5.41, 5.74) is 3.09. The summed E-state index contributed by atoms with van der Waals surface area (Å²) in [5.74, 6) is 9.59. The molecule has 0 aromatic heterocycles. The summed E-state index contributed by atoms with van der Waals surface area (Å²) in [6.45, 7) is 4.58. The van der Waals surface area contributed by atoms with Crippen LogP contribution in [0.5, 0.6) is 0 Å². The van der Waals surface area contributed by atoms with Crippen molar-refractivity contribution in [2.75, 3.05) is 0 Å². The highest BCUT2D eigenvalue weighted by Gasteiger charge is 2.40. The van der Waals surface area contributed by atoms with Crippen molar-refractivity contribution in [3.8, 4) is 0 Å². The molecule has 0 radical (unpaired) electrons. The molecule has 2 bridgehead atoms. The Balaban J connectivity index is 1.86. The molecule has 2 rings (SSSR count). The van der Waals surface area contributed by atoms with Crippen molar-refractivity contribution in [3.63, 3.8) is 0 Å². The average molecular weight is 224 g/mol. The predicted molar refractivity (Wildman–Crippen MR) is 68.7 cm³/mol. The Kier molecular flexibility index (Phi) is 4.26. The van der Waals surface area contributed by atoms with E-state index in [1.807, 2.05) is 0 Å². The van der Waals surface area contributed by atoms with Crippen molar-refractivity contribution >= 4 is 0 Å². The Hall–Kier alpha value is -0.0800. The van der Waals surface area contributed by atoms with E-state index >= 15 is 0 Å². The number of hydrogen-bond acceptors (Lipinski definition) is 2. The van der Waals surface area contributed by atoms with Crippen molar-refractivity contribution in [1.29, 1.82) is 0 Å². The van der Waals surface area contributed by atoms with Gasteiger partial charge in [0.05, 0.1) is 0 Å². The second-order valence-corrected chi connectivity index (χ2v) is 6.02. The van der Waals surface area contributed by atoms with Gasteiger partial charge >= 0.3 is 0 Å². The van der Waals surface area contributed by atoms with E-state index in [0.29, 0.717) is 6.04 Å².